The van der Waals surface area contributed by atoms with Crippen LogP contribution in [0.2, 0.25) is 0 Å². The molecule has 1 aromatic rings. The van der Waals surface area contributed by atoms with E-state index >= 15 is 0 Å². The molecule has 1 saturated carbocycles. The fourth-order valence-corrected chi connectivity index (χ4v) is 3.67. The lowest BCUT2D eigenvalue weighted by molar-refractivity contribution is 0.0760. The van der Waals surface area contributed by atoms with Gasteiger partial charge in [-0.2, -0.15) is 0 Å². The average molecular weight is 271 g/mol. The topological polar surface area (TPSA) is 36.4 Å². The number of rotatable bonds is 3. The van der Waals surface area contributed by atoms with Crippen LogP contribution >= 0.6 is 0 Å². The zero-order chi connectivity index (χ0) is 13.7. The largest absolute Gasteiger partial charge is 0.334 e. The molecular formula is C16H21N3O. The lowest BCUT2D eigenvalue weighted by Crippen LogP contribution is -2.44. The molecule has 0 radical (unpaired) electrons. The second-order valence-corrected chi connectivity index (χ2v) is 6.66. The maximum absolute atomic E-state index is 12.5. The van der Waals surface area contributed by atoms with Crippen LogP contribution in [0.4, 0.5) is 0 Å². The summed E-state index contributed by atoms with van der Waals surface area (Å²) in [6, 6.07) is 6.38. The highest BCUT2D eigenvalue weighted by molar-refractivity contribution is 5.93. The van der Waals surface area contributed by atoms with Crippen LogP contribution in [0.15, 0.2) is 18.2 Å². The second kappa shape index (κ2) is 4.55. The van der Waals surface area contributed by atoms with E-state index in [-0.39, 0.29) is 5.91 Å². The lowest BCUT2D eigenvalue weighted by atomic mass is 10.0. The highest BCUT2D eigenvalue weighted by Gasteiger charge is 2.49. The van der Waals surface area contributed by atoms with E-state index in [0.29, 0.717) is 11.7 Å². The van der Waals surface area contributed by atoms with Gasteiger partial charge in [0.2, 0.25) is 0 Å². The van der Waals surface area contributed by atoms with Crippen LogP contribution in [0.5, 0.6) is 0 Å². The standard InChI is InChI=1S/C16H21N3O/c1-11-8-18(9-11)10-13-3-2-4-14(17-13)16(20)19-6-5-12-7-15(12)19/h2-4,11-12,15H,5-10H2,1H3. The monoisotopic (exact) mass is 271 g/mol. The molecule has 1 amide bonds. The summed E-state index contributed by atoms with van der Waals surface area (Å²) in [6.07, 6.45) is 2.39. The van der Waals surface area contributed by atoms with E-state index in [0.717, 1.165) is 43.7 Å². The molecule has 0 N–H and O–H groups in total. The molecule has 4 rings (SSSR count). The molecule has 3 aliphatic rings. The van der Waals surface area contributed by atoms with Crippen molar-refractivity contribution in [2.75, 3.05) is 19.6 Å². The van der Waals surface area contributed by atoms with Crippen LogP contribution in [0.1, 0.15) is 35.9 Å². The van der Waals surface area contributed by atoms with Crippen molar-refractivity contribution in [2.45, 2.75) is 32.4 Å². The summed E-state index contributed by atoms with van der Waals surface area (Å²) in [6.45, 7) is 6.36. The van der Waals surface area contributed by atoms with Crippen molar-refractivity contribution < 1.29 is 4.79 Å². The van der Waals surface area contributed by atoms with Gasteiger partial charge in [0.15, 0.2) is 0 Å². The van der Waals surface area contributed by atoms with Gasteiger partial charge in [-0.05, 0) is 36.8 Å². The van der Waals surface area contributed by atoms with Crippen LogP contribution in [-0.2, 0) is 6.54 Å². The number of aromatic nitrogens is 1. The van der Waals surface area contributed by atoms with E-state index in [1.165, 1.54) is 12.8 Å². The Kier molecular flexibility index (Phi) is 2.81. The number of nitrogens with zero attached hydrogens (tertiary/aromatic N) is 3. The zero-order valence-electron chi connectivity index (χ0n) is 12.0. The number of pyridine rings is 1. The lowest BCUT2D eigenvalue weighted by Gasteiger charge is -2.36. The van der Waals surface area contributed by atoms with Gasteiger partial charge in [-0.1, -0.05) is 13.0 Å². The number of piperidine rings is 1. The van der Waals surface area contributed by atoms with E-state index in [1.54, 1.807) is 0 Å². The Balaban J connectivity index is 1.46. The fourth-order valence-electron chi connectivity index (χ4n) is 3.67. The molecule has 2 aliphatic heterocycles. The predicted octanol–water partition coefficient (Wildman–Crippen LogP) is 1.77. The van der Waals surface area contributed by atoms with Gasteiger partial charge in [-0.25, -0.2) is 4.98 Å². The molecule has 106 valence electrons. The number of carbonyl (C=O) groups excluding carboxylic acids is 1. The average Bonchev–Trinajstić information content (AvgIpc) is 3.08. The molecule has 4 heteroatoms. The maximum atomic E-state index is 12.5. The van der Waals surface area contributed by atoms with Gasteiger partial charge >= 0.3 is 0 Å². The molecular weight excluding hydrogens is 250 g/mol. The van der Waals surface area contributed by atoms with Crippen molar-refractivity contribution in [3.8, 4) is 0 Å². The Labute approximate surface area is 119 Å². The summed E-state index contributed by atoms with van der Waals surface area (Å²) in [5.41, 5.74) is 1.65. The van der Waals surface area contributed by atoms with Crippen LogP contribution in [-0.4, -0.2) is 46.4 Å². The molecule has 0 aromatic carbocycles. The van der Waals surface area contributed by atoms with E-state index in [1.807, 2.05) is 23.1 Å². The SMILES string of the molecule is CC1CN(Cc2cccc(C(=O)N3CCC4CC43)n2)C1. The highest BCUT2D eigenvalue weighted by atomic mass is 16.2. The molecule has 3 fully saturated rings. The van der Waals surface area contributed by atoms with Gasteiger partial charge in [0, 0.05) is 32.2 Å². The first kappa shape index (κ1) is 12.3. The summed E-state index contributed by atoms with van der Waals surface area (Å²) >= 11 is 0. The molecule has 4 nitrogen and oxygen atoms in total. The fraction of sp³-hybridized carbons (Fsp3) is 0.625. The first-order chi connectivity index (χ1) is 9.70. The summed E-state index contributed by atoms with van der Waals surface area (Å²) in [5, 5.41) is 0. The van der Waals surface area contributed by atoms with Crippen molar-refractivity contribution in [1.29, 1.82) is 0 Å². The van der Waals surface area contributed by atoms with E-state index in [2.05, 4.69) is 16.8 Å². The molecule has 3 heterocycles. The summed E-state index contributed by atoms with van der Waals surface area (Å²) in [4.78, 5) is 21.5. The Hall–Kier alpha value is -1.42. The third-order valence-electron chi connectivity index (χ3n) is 4.84. The third kappa shape index (κ3) is 2.12. The Morgan fingerprint density at radius 1 is 1.40 bits per heavy atom. The quantitative estimate of drug-likeness (QED) is 0.840. The molecule has 1 aromatic heterocycles. The van der Waals surface area contributed by atoms with Gasteiger partial charge in [0.05, 0.1) is 5.69 Å². The van der Waals surface area contributed by atoms with Crippen LogP contribution < -0.4 is 0 Å². The second-order valence-electron chi connectivity index (χ2n) is 6.66. The molecule has 2 unspecified atom stereocenters. The maximum Gasteiger partial charge on any atom is 0.272 e. The molecule has 2 atom stereocenters. The minimum atomic E-state index is 0.133. The summed E-state index contributed by atoms with van der Waals surface area (Å²) in [7, 11) is 0. The van der Waals surface area contributed by atoms with Crippen molar-refractivity contribution in [3.63, 3.8) is 0 Å². The third-order valence-corrected chi connectivity index (χ3v) is 4.84. The van der Waals surface area contributed by atoms with Gasteiger partial charge < -0.3 is 4.90 Å². The molecule has 0 spiro atoms. The summed E-state index contributed by atoms with van der Waals surface area (Å²) in [5.74, 6) is 1.72. The molecule has 1 aliphatic carbocycles. The predicted molar refractivity (Wildman–Crippen MR) is 76.2 cm³/mol. The van der Waals surface area contributed by atoms with Crippen molar-refractivity contribution >= 4 is 5.91 Å². The highest BCUT2D eigenvalue weighted by Crippen LogP contribution is 2.44. The van der Waals surface area contributed by atoms with E-state index in [9.17, 15) is 4.79 Å². The van der Waals surface area contributed by atoms with Gasteiger partial charge in [-0.15, -0.1) is 0 Å². The van der Waals surface area contributed by atoms with Crippen LogP contribution in [0, 0.1) is 11.8 Å². The minimum absolute atomic E-state index is 0.133. The van der Waals surface area contributed by atoms with Crippen molar-refractivity contribution in [2.24, 2.45) is 11.8 Å². The number of carbonyl (C=O) groups is 1. The number of fused-ring (bicyclic) bond motifs is 1. The van der Waals surface area contributed by atoms with Crippen molar-refractivity contribution in [1.82, 2.24) is 14.8 Å². The smallest absolute Gasteiger partial charge is 0.272 e. The Morgan fingerprint density at radius 3 is 2.90 bits per heavy atom. The normalized spacial score (nSPS) is 29.1. The molecule has 0 bridgehead atoms. The number of amides is 1. The Morgan fingerprint density at radius 2 is 2.25 bits per heavy atom. The molecule has 2 saturated heterocycles. The number of hydrogen-bond acceptors (Lipinski definition) is 3. The van der Waals surface area contributed by atoms with Gasteiger partial charge in [0.25, 0.3) is 5.91 Å². The van der Waals surface area contributed by atoms with Gasteiger partial charge in [-0.3, -0.25) is 9.69 Å². The first-order valence-electron chi connectivity index (χ1n) is 7.70. The number of hydrogen-bond donors (Lipinski definition) is 0. The zero-order valence-corrected chi connectivity index (χ0v) is 12.0. The van der Waals surface area contributed by atoms with E-state index in [4.69, 9.17) is 0 Å². The van der Waals surface area contributed by atoms with Crippen LogP contribution in [0.25, 0.3) is 0 Å². The molecule has 20 heavy (non-hydrogen) atoms. The van der Waals surface area contributed by atoms with Crippen molar-refractivity contribution in [3.05, 3.63) is 29.6 Å². The minimum Gasteiger partial charge on any atom is -0.334 e. The Bertz CT molecular complexity index is 538. The van der Waals surface area contributed by atoms with Gasteiger partial charge in [0.1, 0.15) is 5.69 Å². The van der Waals surface area contributed by atoms with Crippen LogP contribution in [0.3, 0.4) is 0 Å². The van der Waals surface area contributed by atoms with E-state index < -0.39 is 0 Å². The summed E-state index contributed by atoms with van der Waals surface area (Å²) < 4.78 is 0. The number of likely N-dealkylation sites (tertiary alicyclic amines) is 2. The first-order valence-corrected chi connectivity index (χ1v) is 7.70.